The molecule has 1 atom stereocenters. The van der Waals surface area contributed by atoms with Gasteiger partial charge in [-0.2, -0.15) is 9.35 Å². The van der Waals surface area contributed by atoms with Crippen molar-refractivity contribution in [1.29, 1.82) is 0 Å². The molecule has 0 bridgehead atoms. The summed E-state index contributed by atoms with van der Waals surface area (Å²) in [5.41, 5.74) is 2.53. The molecule has 1 fully saturated rings. The van der Waals surface area contributed by atoms with Crippen molar-refractivity contribution >= 4 is 55.4 Å². The number of pyridine rings is 1. The molecule has 1 saturated heterocycles. The summed E-state index contributed by atoms with van der Waals surface area (Å²) in [5.74, 6) is 0.653. The molecule has 4 rings (SSSR count). The van der Waals surface area contributed by atoms with Crippen LogP contribution in [0.25, 0.3) is 10.9 Å². The van der Waals surface area contributed by atoms with Gasteiger partial charge in [0.15, 0.2) is 6.10 Å². The maximum atomic E-state index is 12.5. The van der Waals surface area contributed by atoms with Crippen molar-refractivity contribution in [3.8, 4) is 5.88 Å². The summed E-state index contributed by atoms with van der Waals surface area (Å²) < 4.78 is 22.4. The van der Waals surface area contributed by atoms with Crippen molar-refractivity contribution in [3.63, 3.8) is 0 Å². The molecule has 3 aromatic rings. The molecular weight excluding hydrogens is 442 g/mol. The van der Waals surface area contributed by atoms with Gasteiger partial charge < -0.3 is 15.2 Å². The molecule has 31 heavy (non-hydrogen) atoms. The number of fused-ring (bicyclic) bond motifs is 1. The van der Waals surface area contributed by atoms with Gasteiger partial charge in [-0.3, -0.25) is 0 Å². The predicted molar refractivity (Wildman–Crippen MR) is 119 cm³/mol. The van der Waals surface area contributed by atoms with E-state index < -0.39 is 21.8 Å². The SMILES string of the molecule is Cc1cc(N=S2(=O)CCC2)cc2ncnc(Nc3ccc(Cl)nc3O[C@H](C)C(=O)O)c12. The van der Waals surface area contributed by atoms with Crippen molar-refractivity contribution in [2.24, 2.45) is 4.36 Å². The van der Waals surface area contributed by atoms with Crippen LogP contribution in [0.1, 0.15) is 18.9 Å². The maximum Gasteiger partial charge on any atom is 0.344 e. The van der Waals surface area contributed by atoms with Gasteiger partial charge in [0, 0.05) is 16.9 Å². The van der Waals surface area contributed by atoms with E-state index in [0.29, 0.717) is 34.2 Å². The zero-order valence-corrected chi connectivity index (χ0v) is 18.4. The molecule has 1 aromatic carbocycles. The lowest BCUT2D eigenvalue weighted by Gasteiger charge is -2.18. The Kier molecular flexibility index (Phi) is 5.67. The fourth-order valence-corrected chi connectivity index (χ4v) is 4.74. The number of rotatable bonds is 6. The fraction of sp³-hybridized carbons (Fsp3) is 0.300. The smallest absolute Gasteiger partial charge is 0.344 e. The van der Waals surface area contributed by atoms with Gasteiger partial charge in [0.2, 0.25) is 5.88 Å². The molecule has 0 unspecified atom stereocenters. The zero-order valence-electron chi connectivity index (χ0n) is 16.8. The summed E-state index contributed by atoms with van der Waals surface area (Å²) in [6, 6.07) is 6.83. The second-order valence-corrected chi connectivity index (χ2v) is 10.1. The molecule has 0 radical (unpaired) electrons. The first kappa shape index (κ1) is 21.3. The average molecular weight is 462 g/mol. The first-order valence-electron chi connectivity index (χ1n) is 9.55. The predicted octanol–water partition coefficient (Wildman–Crippen LogP) is 4.09. The Morgan fingerprint density at radius 1 is 1.32 bits per heavy atom. The summed E-state index contributed by atoms with van der Waals surface area (Å²) in [7, 11) is -2.13. The monoisotopic (exact) mass is 461 g/mol. The number of carboxylic acids is 1. The molecule has 2 N–H and O–H groups in total. The van der Waals surface area contributed by atoms with Crippen LogP contribution in [-0.2, 0) is 14.5 Å². The number of hydrogen-bond acceptors (Lipinski definition) is 8. The fourth-order valence-electron chi connectivity index (χ4n) is 3.14. The molecule has 1 aliphatic heterocycles. The Morgan fingerprint density at radius 3 is 2.77 bits per heavy atom. The third-order valence-corrected chi connectivity index (χ3v) is 7.44. The lowest BCUT2D eigenvalue weighted by Crippen LogP contribution is -2.23. The van der Waals surface area contributed by atoms with Crippen molar-refractivity contribution in [2.45, 2.75) is 26.4 Å². The van der Waals surface area contributed by atoms with E-state index in [9.17, 15) is 9.00 Å². The second kappa shape index (κ2) is 8.27. The van der Waals surface area contributed by atoms with Crippen LogP contribution >= 0.6 is 11.6 Å². The number of nitrogens with one attached hydrogen (secondary N) is 1. The van der Waals surface area contributed by atoms with Crippen molar-refractivity contribution in [1.82, 2.24) is 15.0 Å². The summed E-state index contributed by atoms with van der Waals surface area (Å²) in [6.07, 6.45) is 1.22. The van der Waals surface area contributed by atoms with Crippen LogP contribution in [0.4, 0.5) is 17.2 Å². The lowest BCUT2D eigenvalue weighted by molar-refractivity contribution is -0.144. The summed E-state index contributed by atoms with van der Waals surface area (Å²) in [6.45, 7) is 3.30. The number of aryl methyl sites for hydroxylation is 1. The number of aromatic nitrogens is 3. The molecule has 0 saturated carbocycles. The van der Waals surface area contributed by atoms with Crippen LogP contribution in [0.3, 0.4) is 0 Å². The van der Waals surface area contributed by atoms with E-state index in [4.69, 9.17) is 21.4 Å². The van der Waals surface area contributed by atoms with Gasteiger partial charge in [0.25, 0.3) is 0 Å². The van der Waals surface area contributed by atoms with Crippen molar-refractivity contribution in [2.75, 3.05) is 16.8 Å². The summed E-state index contributed by atoms with van der Waals surface area (Å²) >= 11 is 5.96. The molecule has 3 heterocycles. The third-order valence-electron chi connectivity index (χ3n) is 4.83. The standard InChI is InChI=1S/C20H20ClN5O4S/c1-11-8-13(26-31(29)6-3-7-31)9-15-17(11)18(23-10-22-15)24-14-4-5-16(21)25-19(14)30-12(2)20(27)28/h4-5,8-10,12H,3,6-7H2,1-2H3,(H,27,28)(H,22,23,24)/t12-/m1/s1. The lowest BCUT2D eigenvalue weighted by atomic mass is 10.1. The van der Waals surface area contributed by atoms with E-state index in [2.05, 4.69) is 24.6 Å². The van der Waals surface area contributed by atoms with Gasteiger partial charge in [-0.25, -0.2) is 19.0 Å². The molecular formula is C20H20ClN5O4S. The van der Waals surface area contributed by atoms with Crippen molar-refractivity contribution < 1.29 is 18.8 Å². The molecule has 9 nitrogen and oxygen atoms in total. The van der Waals surface area contributed by atoms with E-state index in [0.717, 1.165) is 17.4 Å². The highest BCUT2D eigenvalue weighted by Crippen LogP contribution is 2.34. The highest BCUT2D eigenvalue weighted by molar-refractivity contribution is 7.95. The van der Waals surface area contributed by atoms with E-state index in [-0.39, 0.29) is 11.0 Å². The van der Waals surface area contributed by atoms with Gasteiger partial charge in [-0.1, -0.05) is 11.6 Å². The first-order valence-corrected chi connectivity index (χ1v) is 11.8. The van der Waals surface area contributed by atoms with Gasteiger partial charge in [0.05, 0.1) is 20.9 Å². The number of carbonyl (C=O) groups is 1. The van der Waals surface area contributed by atoms with E-state index in [1.165, 1.54) is 13.3 Å². The normalized spacial score (nSPS) is 15.7. The van der Waals surface area contributed by atoms with Gasteiger partial charge in [0.1, 0.15) is 23.0 Å². The minimum Gasteiger partial charge on any atom is -0.479 e. The van der Waals surface area contributed by atoms with Crippen LogP contribution in [0.15, 0.2) is 35.0 Å². The molecule has 162 valence electrons. The number of nitrogens with zero attached hydrogens (tertiary/aromatic N) is 4. The van der Waals surface area contributed by atoms with Crippen LogP contribution in [0.5, 0.6) is 5.88 Å². The summed E-state index contributed by atoms with van der Waals surface area (Å²) in [5, 5.41) is 13.2. The van der Waals surface area contributed by atoms with Gasteiger partial charge in [-0.15, -0.1) is 0 Å². The maximum absolute atomic E-state index is 12.5. The Hall–Kier alpha value is -2.98. The molecule has 0 amide bonds. The quantitative estimate of drug-likeness (QED) is 0.525. The minimum absolute atomic E-state index is 0.0420. The zero-order chi connectivity index (χ0) is 22.2. The van der Waals surface area contributed by atoms with Crippen LogP contribution in [0, 0.1) is 6.92 Å². The number of anilines is 2. The third kappa shape index (κ3) is 4.54. The number of benzene rings is 1. The van der Waals surface area contributed by atoms with Crippen LogP contribution in [0.2, 0.25) is 5.15 Å². The topological polar surface area (TPSA) is 127 Å². The Labute approximate surface area is 184 Å². The minimum atomic E-state index is -2.13. The molecule has 1 aliphatic rings. The molecule has 0 spiro atoms. The Morgan fingerprint density at radius 2 is 2.10 bits per heavy atom. The number of halogens is 1. The second-order valence-electron chi connectivity index (χ2n) is 7.21. The van der Waals surface area contributed by atoms with Crippen LogP contribution < -0.4 is 10.1 Å². The molecule has 2 aromatic heterocycles. The van der Waals surface area contributed by atoms with Crippen LogP contribution in [-0.4, -0.2) is 47.8 Å². The van der Waals surface area contributed by atoms with E-state index in [1.807, 2.05) is 13.0 Å². The highest BCUT2D eigenvalue weighted by Gasteiger charge is 2.20. The van der Waals surface area contributed by atoms with Gasteiger partial charge >= 0.3 is 5.97 Å². The number of hydrogen-bond donors (Lipinski definition) is 2. The van der Waals surface area contributed by atoms with Gasteiger partial charge in [-0.05, 0) is 50.1 Å². The van der Waals surface area contributed by atoms with E-state index in [1.54, 1.807) is 18.2 Å². The Balaban J connectivity index is 1.74. The average Bonchev–Trinajstić information content (AvgIpc) is 2.68. The molecule has 0 aliphatic carbocycles. The van der Waals surface area contributed by atoms with E-state index >= 15 is 0 Å². The first-order chi connectivity index (χ1) is 14.7. The molecule has 11 heteroatoms. The van der Waals surface area contributed by atoms with Crippen molar-refractivity contribution in [3.05, 3.63) is 41.3 Å². The highest BCUT2D eigenvalue weighted by atomic mass is 35.5. The number of carboxylic acid groups (broad SMARTS) is 1. The number of aliphatic carboxylic acids is 1. The number of ether oxygens (including phenoxy) is 1. The largest absolute Gasteiger partial charge is 0.479 e. The summed E-state index contributed by atoms with van der Waals surface area (Å²) in [4.78, 5) is 23.9. The Bertz CT molecular complexity index is 1300.